The maximum Gasteiger partial charge on any atom is 0.0852 e. The molecule has 1 aliphatic heterocycles. The van der Waals surface area contributed by atoms with E-state index in [4.69, 9.17) is 10.5 Å². The van der Waals surface area contributed by atoms with Gasteiger partial charge >= 0.3 is 0 Å². The van der Waals surface area contributed by atoms with E-state index in [1.54, 1.807) is 0 Å². The summed E-state index contributed by atoms with van der Waals surface area (Å²) in [4.78, 5) is 2.25. The Kier molecular flexibility index (Phi) is 5.06. The smallest absolute Gasteiger partial charge is 0.0852 e. The third-order valence-electron chi connectivity index (χ3n) is 2.70. The monoisotopic (exact) mass is 207 g/mol. The van der Waals surface area contributed by atoms with Gasteiger partial charge in [-0.2, -0.15) is 10.5 Å². The van der Waals surface area contributed by atoms with Gasteiger partial charge in [-0.1, -0.05) is 0 Å². The summed E-state index contributed by atoms with van der Waals surface area (Å²) < 4.78 is 0. The van der Waals surface area contributed by atoms with Crippen LogP contribution in [0.5, 0.6) is 0 Å². The Morgan fingerprint density at radius 1 is 1.53 bits per heavy atom. The van der Waals surface area contributed by atoms with Crippen molar-refractivity contribution in [3.05, 3.63) is 0 Å². The fourth-order valence-electron chi connectivity index (χ4n) is 1.89. The summed E-state index contributed by atoms with van der Waals surface area (Å²) in [5.74, 6) is 0. The minimum absolute atomic E-state index is 0.157. The minimum Gasteiger partial charge on any atom is -0.314 e. The molecular formula is C10H17N5. The Morgan fingerprint density at radius 2 is 2.33 bits per heavy atom. The number of hydrogen-bond acceptors (Lipinski definition) is 5. The summed E-state index contributed by atoms with van der Waals surface area (Å²) in [7, 11) is 0. The van der Waals surface area contributed by atoms with Crippen LogP contribution in [0.25, 0.3) is 0 Å². The standard InChI is InChI=1S/C10H17N5/c1-9(14-5-4-12)15-7-6-13-8-10(15)2-3-11/h9-10,13-14H,2,5-8H2,1H3. The Balaban J connectivity index is 2.48. The number of nitrogens with zero attached hydrogens (tertiary/aromatic N) is 3. The average molecular weight is 207 g/mol. The first-order chi connectivity index (χ1) is 7.29. The molecule has 82 valence electrons. The summed E-state index contributed by atoms with van der Waals surface area (Å²) in [5, 5.41) is 23.6. The van der Waals surface area contributed by atoms with Crippen LogP contribution in [0, 0.1) is 22.7 Å². The molecule has 1 aliphatic rings. The largest absolute Gasteiger partial charge is 0.314 e. The van der Waals surface area contributed by atoms with Gasteiger partial charge in [0.2, 0.25) is 0 Å². The van der Waals surface area contributed by atoms with Crippen molar-refractivity contribution in [1.29, 1.82) is 10.5 Å². The highest BCUT2D eigenvalue weighted by molar-refractivity contribution is 4.90. The molecule has 2 unspecified atom stereocenters. The van der Waals surface area contributed by atoms with E-state index < -0.39 is 0 Å². The van der Waals surface area contributed by atoms with Gasteiger partial charge in [-0.3, -0.25) is 10.2 Å². The highest BCUT2D eigenvalue weighted by Crippen LogP contribution is 2.09. The molecule has 2 N–H and O–H groups in total. The second kappa shape index (κ2) is 6.36. The Bertz CT molecular complexity index is 264. The molecule has 0 aromatic carbocycles. The first kappa shape index (κ1) is 11.9. The van der Waals surface area contributed by atoms with E-state index >= 15 is 0 Å². The lowest BCUT2D eigenvalue weighted by Crippen LogP contribution is -2.58. The van der Waals surface area contributed by atoms with Crippen LogP contribution in [0.3, 0.4) is 0 Å². The fraction of sp³-hybridized carbons (Fsp3) is 0.800. The molecule has 0 bridgehead atoms. The normalized spacial score (nSPS) is 24.1. The molecule has 0 spiro atoms. The molecule has 2 atom stereocenters. The van der Waals surface area contributed by atoms with Crippen LogP contribution in [0.4, 0.5) is 0 Å². The van der Waals surface area contributed by atoms with Crippen molar-refractivity contribution < 1.29 is 0 Å². The van der Waals surface area contributed by atoms with E-state index in [2.05, 4.69) is 27.7 Å². The number of hydrogen-bond donors (Lipinski definition) is 2. The van der Waals surface area contributed by atoms with E-state index in [0.717, 1.165) is 19.6 Å². The Morgan fingerprint density at radius 3 is 3.00 bits per heavy atom. The summed E-state index contributed by atoms with van der Waals surface area (Å²) in [6.45, 7) is 5.11. The van der Waals surface area contributed by atoms with E-state index in [1.165, 1.54) is 0 Å². The molecular weight excluding hydrogens is 190 g/mol. The van der Waals surface area contributed by atoms with Crippen LogP contribution in [-0.2, 0) is 0 Å². The topological polar surface area (TPSA) is 74.9 Å². The lowest BCUT2D eigenvalue weighted by Gasteiger charge is -2.39. The molecule has 1 fully saturated rings. The number of nitriles is 2. The predicted octanol–water partition coefficient (Wildman–Crippen LogP) is -0.367. The van der Waals surface area contributed by atoms with Crippen LogP contribution in [0.1, 0.15) is 13.3 Å². The molecule has 0 radical (unpaired) electrons. The Hall–Kier alpha value is -1.14. The molecule has 0 saturated carbocycles. The zero-order valence-corrected chi connectivity index (χ0v) is 9.03. The number of piperazine rings is 1. The van der Waals surface area contributed by atoms with Crippen molar-refractivity contribution in [3.8, 4) is 12.1 Å². The third kappa shape index (κ3) is 3.49. The second-order valence-electron chi connectivity index (χ2n) is 3.67. The van der Waals surface area contributed by atoms with E-state index in [0.29, 0.717) is 13.0 Å². The van der Waals surface area contributed by atoms with Gasteiger partial charge in [-0.15, -0.1) is 0 Å². The summed E-state index contributed by atoms with van der Waals surface area (Å²) >= 11 is 0. The fourth-order valence-corrected chi connectivity index (χ4v) is 1.89. The van der Waals surface area contributed by atoms with Crippen LogP contribution in [0.15, 0.2) is 0 Å². The van der Waals surface area contributed by atoms with Crippen molar-refractivity contribution >= 4 is 0 Å². The zero-order valence-electron chi connectivity index (χ0n) is 9.03. The molecule has 0 aromatic rings. The first-order valence-electron chi connectivity index (χ1n) is 5.23. The van der Waals surface area contributed by atoms with Crippen LogP contribution in [0.2, 0.25) is 0 Å². The van der Waals surface area contributed by atoms with Gasteiger partial charge in [-0.25, -0.2) is 0 Å². The van der Waals surface area contributed by atoms with Crippen molar-refractivity contribution in [1.82, 2.24) is 15.5 Å². The minimum atomic E-state index is 0.157. The van der Waals surface area contributed by atoms with Crippen LogP contribution >= 0.6 is 0 Å². The van der Waals surface area contributed by atoms with Crippen molar-refractivity contribution in [2.45, 2.75) is 25.6 Å². The highest BCUT2D eigenvalue weighted by atomic mass is 15.3. The van der Waals surface area contributed by atoms with E-state index in [1.807, 2.05) is 6.92 Å². The SMILES string of the molecule is CC(NCC#N)N1CCNCC1CC#N. The molecule has 1 saturated heterocycles. The number of nitrogens with one attached hydrogen (secondary N) is 2. The predicted molar refractivity (Wildman–Crippen MR) is 56.7 cm³/mol. The van der Waals surface area contributed by atoms with Crippen LogP contribution in [-0.4, -0.2) is 43.3 Å². The second-order valence-corrected chi connectivity index (χ2v) is 3.67. The van der Waals surface area contributed by atoms with Crippen molar-refractivity contribution in [3.63, 3.8) is 0 Å². The van der Waals surface area contributed by atoms with Crippen molar-refractivity contribution in [2.24, 2.45) is 0 Å². The van der Waals surface area contributed by atoms with E-state index in [-0.39, 0.29) is 12.2 Å². The molecule has 15 heavy (non-hydrogen) atoms. The van der Waals surface area contributed by atoms with Gasteiger partial charge in [0.05, 0.1) is 31.3 Å². The average Bonchev–Trinajstić information content (AvgIpc) is 2.27. The quantitative estimate of drug-likeness (QED) is 0.615. The van der Waals surface area contributed by atoms with E-state index in [9.17, 15) is 0 Å². The summed E-state index contributed by atoms with van der Waals surface area (Å²) in [5.41, 5.74) is 0. The molecule has 0 aliphatic carbocycles. The van der Waals surface area contributed by atoms with Gasteiger partial charge in [0.25, 0.3) is 0 Å². The highest BCUT2D eigenvalue weighted by Gasteiger charge is 2.25. The summed E-state index contributed by atoms with van der Waals surface area (Å²) in [6, 6.07) is 4.52. The first-order valence-corrected chi connectivity index (χ1v) is 5.23. The maximum atomic E-state index is 8.72. The van der Waals surface area contributed by atoms with Crippen molar-refractivity contribution in [2.75, 3.05) is 26.2 Å². The zero-order chi connectivity index (χ0) is 11.1. The lowest BCUT2D eigenvalue weighted by molar-refractivity contribution is 0.100. The van der Waals surface area contributed by atoms with Gasteiger partial charge in [0.1, 0.15) is 0 Å². The lowest BCUT2D eigenvalue weighted by atomic mass is 10.1. The molecule has 0 aromatic heterocycles. The molecule has 5 heteroatoms. The van der Waals surface area contributed by atoms with Gasteiger partial charge in [0.15, 0.2) is 0 Å². The maximum absolute atomic E-state index is 8.72. The molecule has 1 heterocycles. The van der Waals surface area contributed by atoms with Gasteiger partial charge in [-0.05, 0) is 6.92 Å². The molecule has 1 rings (SSSR count). The summed E-state index contributed by atoms with van der Waals surface area (Å²) in [6.07, 6.45) is 0.691. The third-order valence-corrected chi connectivity index (χ3v) is 2.70. The molecule has 0 amide bonds. The van der Waals surface area contributed by atoms with Gasteiger partial charge in [0, 0.05) is 25.7 Å². The molecule has 5 nitrogen and oxygen atoms in total. The van der Waals surface area contributed by atoms with Crippen LogP contribution < -0.4 is 10.6 Å². The number of rotatable bonds is 4. The van der Waals surface area contributed by atoms with Gasteiger partial charge < -0.3 is 5.32 Å². The Labute approximate surface area is 90.7 Å².